The summed E-state index contributed by atoms with van der Waals surface area (Å²) in [6.07, 6.45) is 0.831. The van der Waals surface area contributed by atoms with E-state index in [0.717, 1.165) is 26.3 Å². The number of carbonyl (C=O) groups is 2. The van der Waals surface area contributed by atoms with E-state index in [9.17, 15) is 22.4 Å². The number of nitrogens with zero attached hydrogens (tertiary/aromatic N) is 3. The van der Waals surface area contributed by atoms with E-state index in [1.807, 2.05) is 44.2 Å². The standard InChI is InChI=1S/C30H35Cl2FN4O4S/c1-5-21(2)34-30(39)28(17-22-9-7-6-8-10-22)36(19-23-11-12-24(31)18-27(23)32)29(38)20-37(42(40,41)35(3)4)26-15-13-25(33)14-16-26/h6-16,18,21,28H,5,17,19-20H2,1-4H3,(H,34,39)/t21-,28-/m1/s1. The maximum absolute atomic E-state index is 14.2. The first-order valence-electron chi connectivity index (χ1n) is 13.4. The summed E-state index contributed by atoms with van der Waals surface area (Å²) in [5.41, 5.74) is 1.41. The summed E-state index contributed by atoms with van der Waals surface area (Å²) in [6.45, 7) is 3.04. The summed E-state index contributed by atoms with van der Waals surface area (Å²) in [6, 6.07) is 17.6. The Balaban J connectivity index is 2.12. The number of carbonyl (C=O) groups excluding carboxylic acids is 2. The molecule has 0 heterocycles. The highest BCUT2D eigenvalue weighted by molar-refractivity contribution is 7.90. The Morgan fingerprint density at radius 3 is 2.19 bits per heavy atom. The fourth-order valence-corrected chi connectivity index (χ4v) is 5.68. The molecule has 0 aliphatic heterocycles. The quantitative estimate of drug-likeness (QED) is 0.276. The fourth-order valence-electron chi connectivity index (χ4n) is 4.15. The van der Waals surface area contributed by atoms with E-state index >= 15 is 0 Å². The van der Waals surface area contributed by atoms with Crippen LogP contribution >= 0.6 is 23.2 Å². The van der Waals surface area contributed by atoms with E-state index in [-0.39, 0.29) is 29.7 Å². The zero-order valence-corrected chi connectivity index (χ0v) is 26.3. The minimum atomic E-state index is -4.20. The van der Waals surface area contributed by atoms with Gasteiger partial charge in [0.1, 0.15) is 18.4 Å². The topological polar surface area (TPSA) is 90.0 Å². The molecule has 3 rings (SSSR count). The number of rotatable bonds is 13. The zero-order valence-electron chi connectivity index (χ0n) is 23.9. The SMILES string of the molecule is CC[C@@H](C)NC(=O)[C@@H](Cc1ccccc1)N(Cc1ccc(Cl)cc1Cl)C(=O)CN(c1ccc(F)cc1)S(=O)(=O)N(C)C. The first kappa shape index (κ1) is 33.3. The first-order valence-corrected chi connectivity index (χ1v) is 15.5. The molecule has 3 aromatic rings. The van der Waals surface area contributed by atoms with Crippen LogP contribution in [-0.2, 0) is 32.8 Å². The molecule has 0 bridgehead atoms. The van der Waals surface area contributed by atoms with Crippen molar-refractivity contribution in [2.45, 2.75) is 45.3 Å². The predicted molar refractivity (Wildman–Crippen MR) is 165 cm³/mol. The van der Waals surface area contributed by atoms with Crippen molar-refractivity contribution in [3.05, 3.63) is 99.8 Å². The van der Waals surface area contributed by atoms with Gasteiger partial charge in [0.2, 0.25) is 11.8 Å². The molecule has 0 aromatic heterocycles. The number of halogens is 3. The molecule has 226 valence electrons. The van der Waals surface area contributed by atoms with Crippen molar-refractivity contribution >= 4 is 50.9 Å². The molecule has 0 fully saturated rings. The Labute approximate surface area is 257 Å². The average molecular weight is 638 g/mol. The smallest absolute Gasteiger partial charge is 0.304 e. The van der Waals surface area contributed by atoms with Crippen LogP contribution in [0.25, 0.3) is 0 Å². The van der Waals surface area contributed by atoms with Crippen molar-refractivity contribution in [1.82, 2.24) is 14.5 Å². The molecule has 0 radical (unpaired) electrons. The average Bonchev–Trinajstić information content (AvgIpc) is 2.95. The Bertz CT molecular complexity index is 1470. The second-order valence-corrected chi connectivity index (χ2v) is 13.0. The third-order valence-electron chi connectivity index (χ3n) is 6.76. The molecule has 0 saturated carbocycles. The highest BCUT2D eigenvalue weighted by Crippen LogP contribution is 2.26. The second kappa shape index (κ2) is 14.8. The van der Waals surface area contributed by atoms with Gasteiger partial charge >= 0.3 is 10.2 Å². The summed E-state index contributed by atoms with van der Waals surface area (Å²) < 4.78 is 42.3. The molecular formula is C30H35Cl2FN4O4S. The summed E-state index contributed by atoms with van der Waals surface area (Å²) in [5.74, 6) is -1.61. The van der Waals surface area contributed by atoms with Crippen LogP contribution in [0.1, 0.15) is 31.4 Å². The Kier molecular flexibility index (Phi) is 11.8. The number of hydrogen-bond acceptors (Lipinski definition) is 4. The number of amides is 2. The summed E-state index contributed by atoms with van der Waals surface area (Å²) >= 11 is 12.6. The van der Waals surface area contributed by atoms with Gasteiger partial charge in [0.15, 0.2) is 0 Å². The third-order valence-corrected chi connectivity index (χ3v) is 9.17. The first-order chi connectivity index (χ1) is 19.8. The minimum absolute atomic E-state index is 0.0894. The van der Waals surface area contributed by atoms with Crippen LogP contribution in [0.4, 0.5) is 10.1 Å². The molecule has 1 N–H and O–H groups in total. The lowest BCUT2D eigenvalue weighted by Gasteiger charge is -2.35. The van der Waals surface area contributed by atoms with Crippen LogP contribution in [0.15, 0.2) is 72.8 Å². The van der Waals surface area contributed by atoms with Gasteiger partial charge in [0, 0.05) is 43.1 Å². The van der Waals surface area contributed by atoms with E-state index in [0.29, 0.717) is 17.0 Å². The zero-order chi connectivity index (χ0) is 31.0. The predicted octanol–water partition coefficient (Wildman–Crippen LogP) is 5.30. The normalized spacial score (nSPS) is 13.0. The summed E-state index contributed by atoms with van der Waals surface area (Å²) in [5, 5.41) is 3.65. The van der Waals surface area contributed by atoms with Gasteiger partial charge in [-0.1, -0.05) is 66.5 Å². The van der Waals surface area contributed by atoms with Crippen LogP contribution in [0, 0.1) is 5.82 Å². The summed E-state index contributed by atoms with van der Waals surface area (Å²) in [4.78, 5) is 29.3. The fraction of sp³-hybridized carbons (Fsp3) is 0.333. The lowest BCUT2D eigenvalue weighted by atomic mass is 10.0. The maximum atomic E-state index is 14.2. The van der Waals surface area contributed by atoms with Gasteiger partial charge in [-0.05, 0) is 60.9 Å². The van der Waals surface area contributed by atoms with Crippen LogP contribution in [-0.4, -0.2) is 62.2 Å². The number of benzene rings is 3. The third kappa shape index (κ3) is 8.67. The van der Waals surface area contributed by atoms with E-state index < -0.39 is 40.4 Å². The van der Waals surface area contributed by atoms with Gasteiger partial charge < -0.3 is 10.2 Å². The monoisotopic (exact) mass is 636 g/mol. The van der Waals surface area contributed by atoms with Gasteiger partial charge in [-0.15, -0.1) is 0 Å². The van der Waals surface area contributed by atoms with Crippen LogP contribution in [0.2, 0.25) is 10.0 Å². The van der Waals surface area contributed by atoms with Crippen LogP contribution in [0.5, 0.6) is 0 Å². The molecule has 0 spiro atoms. The Hall–Kier alpha value is -3.18. The number of nitrogens with one attached hydrogen (secondary N) is 1. The molecular weight excluding hydrogens is 602 g/mol. The van der Waals surface area contributed by atoms with Gasteiger partial charge in [-0.3, -0.25) is 9.59 Å². The van der Waals surface area contributed by atoms with Crippen molar-refractivity contribution in [1.29, 1.82) is 0 Å². The van der Waals surface area contributed by atoms with Crippen molar-refractivity contribution in [3.63, 3.8) is 0 Å². The molecule has 0 aliphatic rings. The van der Waals surface area contributed by atoms with Crippen molar-refractivity contribution < 1.29 is 22.4 Å². The van der Waals surface area contributed by atoms with Crippen LogP contribution in [0.3, 0.4) is 0 Å². The van der Waals surface area contributed by atoms with E-state index in [1.54, 1.807) is 12.1 Å². The molecule has 3 aromatic carbocycles. The minimum Gasteiger partial charge on any atom is -0.352 e. The molecule has 2 amide bonds. The van der Waals surface area contributed by atoms with E-state index in [1.165, 1.54) is 37.2 Å². The van der Waals surface area contributed by atoms with Crippen LogP contribution < -0.4 is 9.62 Å². The molecule has 42 heavy (non-hydrogen) atoms. The lowest BCUT2D eigenvalue weighted by Crippen LogP contribution is -2.55. The second-order valence-electron chi connectivity index (χ2n) is 10.1. The highest BCUT2D eigenvalue weighted by atomic mass is 35.5. The van der Waals surface area contributed by atoms with E-state index in [4.69, 9.17) is 23.2 Å². The maximum Gasteiger partial charge on any atom is 0.304 e. The molecule has 0 aliphatic carbocycles. The van der Waals surface area contributed by atoms with Gasteiger partial charge in [0.05, 0.1) is 5.69 Å². The number of anilines is 1. The molecule has 2 atom stereocenters. The molecule has 0 saturated heterocycles. The van der Waals surface area contributed by atoms with E-state index in [2.05, 4.69) is 5.32 Å². The molecule has 12 heteroatoms. The van der Waals surface area contributed by atoms with Crippen molar-refractivity contribution in [2.75, 3.05) is 24.9 Å². The van der Waals surface area contributed by atoms with Crippen molar-refractivity contribution in [3.8, 4) is 0 Å². The van der Waals surface area contributed by atoms with Crippen molar-refractivity contribution in [2.24, 2.45) is 0 Å². The molecule has 8 nitrogen and oxygen atoms in total. The largest absolute Gasteiger partial charge is 0.352 e. The number of hydrogen-bond donors (Lipinski definition) is 1. The highest BCUT2D eigenvalue weighted by Gasteiger charge is 2.35. The Morgan fingerprint density at radius 2 is 1.62 bits per heavy atom. The van der Waals surface area contributed by atoms with Gasteiger partial charge in [-0.2, -0.15) is 12.7 Å². The molecule has 0 unspecified atom stereocenters. The van der Waals surface area contributed by atoms with Gasteiger partial charge in [-0.25, -0.2) is 8.70 Å². The lowest BCUT2D eigenvalue weighted by molar-refractivity contribution is -0.140. The Morgan fingerprint density at radius 1 is 0.976 bits per heavy atom. The van der Waals surface area contributed by atoms with Gasteiger partial charge in [0.25, 0.3) is 0 Å². The summed E-state index contributed by atoms with van der Waals surface area (Å²) in [7, 11) is -1.53.